The van der Waals surface area contributed by atoms with E-state index in [9.17, 15) is 0 Å². The summed E-state index contributed by atoms with van der Waals surface area (Å²) in [7, 11) is 0. The Kier molecular flexibility index (Phi) is 2.32. The lowest BCUT2D eigenvalue weighted by Gasteiger charge is -2.23. The third-order valence-corrected chi connectivity index (χ3v) is 2.00. The molecule has 1 rings (SSSR count). The van der Waals surface area contributed by atoms with Gasteiger partial charge in [-0.1, -0.05) is 6.92 Å². The molecular formula is C8H17NO. The summed E-state index contributed by atoms with van der Waals surface area (Å²) in [6.07, 6.45) is 2.25. The fourth-order valence-corrected chi connectivity index (χ4v) is 1.55. The van der Waals surface area contributed by atoms with Crippen molar-refractivity contribution in [3.63, 3.8) is 0 Å². The molecule has 1 heterocycles. The molecule has 0 saturated carbocycles. The Morgan fingerprint density at radius 1 is 1.60 bits per heavy atom. The van der Waals surface area contributed by atoms with Crippen molar-refractivity contribution < 1.29 is 4.74 Å². The van der Waals surface area contributed by atoms with E-state index in [2.05, 4.69) is 13.8 Å². The summed E-state index contributed by atoms with van der Waals surface area (Å²) in [5, 5.41) is 0. The molecule has 60 valence electrons. The number of ether oxygens (including phenoxy) is 1. The van der Waals surface area contributed by atoms with Gasteiger partial charge in [0.05, 0.1) is 6.61 Å². The highest BCUT2D eigenvalue weighted by atomic mass is 16.5. The lowest BCUT2D eigenvalue weighted by molar-refractivity contribution is 0.108. The Morgan fingerprint density at radius 3 is 3.00 bits per heavy atom. The zero-order chi connectivity index (χ0) is 7.61. The van der Waals surface area contributed by atoms with Gasteiger partial charge < -0.3 is 10.5 Å². The third kappa shape index (κ3) is 2.27. The van der Waals surface area contributed by atoms with Crippen LogP contribution in [0.1, 0.15) is 26.7 Å². The van der Waals surface area contributed by atoms with Crippen LogP contribution in [-0.2, 0) is 4.74 Å². The van der Waals surface area contributed by atoms with Gasteiger partial charge in [0.15, 0.2) is 0 Å². The molecule has 0 aromatic heterocycles. The lowest BCUT2D eigenvalue weighted by atomic mass is 9.91. The minimum absolute atomic E-state index is 0.0874. The van der Waals surface area contributed by atoms with E-state index in [4.69, 9.17) is 10.5 Å². The Bertz CT molecular complexity index is 112. The first-order valence-electron chi connectivity index (χ1n) is 3.97. The topological polar surface area (TPSA) is 35.2 Å². The molecule has 0 aromatic carbocycles. The third-order valence-electron chi connectivity index (χ3n) is 2.00. The van der Waals surface area contributed by atoms with E-state index in [1.54, 1.807) is 0 Å². The molecule has 2 unspecified atom stereocenters. The van der Waals surface area contributed by atoms with Gasteiger partial charge in [-0.15, -0.1) is 0 Å². The number of hydrogen-bond acceptors (Lipinski definition) is 2. The van der Waals surface area contributed by atoms with Gasteiger partial charge in [-0.2, -0.15) is 0 Å². The van der Waals surface area contributed by atoms with Crippen molar-refractivity contribution in [3.8, 4) is 0 Å². The minimum Gasteiger partial charge on any atom is -0.380 e. The fourth-order valence-electron chi connectivity index (χ4n) is 1.55. The average molecular weight is 143 g/mol. The molecule has 10 heavy (non-hydrogen) atoms. The molecule has 0 aliphatic carbocycles. The van der Waals surface area contributed by atoms with Gasteiger partial charge in [-0.25, -0.2) is 0 Å². The second-order valence-electron chi connectivity index (χ2n) is 3.80. The van der Waals surface area contributed by atoms with Crippen molar-refractivity contribution in [2.24, 2.45) is 11.7 Å². The zero-order valence-electron chi connectivity index (χ0n) is 6.89. The first-order valence-corrected chi connectivity index (χ1v) is 3.97. The highest BCUT2D eigenvalue weighted by Crippen LogP contribution is 2.20. The van der Waals surface area contributed by atoms with Crippen molar-refractivity contribution in [3.05, 3.63) is 0 Å². The van der Waals surface area contributed by atoms with Crippen molar-refractivity contribution in [1.29, 1.82) is 0 Å². The van der Waals surface area contributed by atoms with Crippen LogP contribution < -0.4 is 5.73 Å². The summed E-state index contributed by atoms with van der Waals surface area (Å²) < 4.78 is 5.36. The molecule has 1 aliphatic rings. The van der Waals surface area contributed by atoms with Gasteiger partial charge >= 0.3 is 0 Å². The van der Waals surface area contributed by atoms with E-state index in [1.807, 2.05) is 0 Å². The summed E-state index contributed by atoms with van der Waals surface area (Å²) in [4.78, 5) is 0. The predicted octanol–water partition coefficient (Wildman–Crippen LogP) is 1.15. The van der Waals surface area contributed by atoms with Crippen LogP contribution in [0.15, 0.2) is 0 Å². The van der Waals surface area contributed by atoms with Gasteiger partial charge in [0.2, 0.25) is 0 Å². The molecule has 0 radical (unpaired) electrons. The van der Waals surface area contributed by atoms with Gasteiger partial charge in [-0.3, -0.25) is 0 Å². The summed E-state index contributed by atoms with van der Waals surface area (Å²) in [6, 6.07) is 0. The fraction of sp³-hybridized carbons (Fsp3) is 1.00. The van der Waals surface area contributed by atoms with E-state index in [1.165, 1.54) is 0 Å². The maximum absolute atomic E-state index is 5.94. The second kappa shape index (κ2) is 2.89. The standard InChI is InChI=1S/C8H17NO/c1-7-3-4-10-6-8(2,9)5-7/h7H,3-6,9H2,1-2H3. The zero-order valence-corrected chi connectivity index (χ0v) is 6.89. The van der Waals surface area contributed by atoms with Crippen LogP contribution in [0, 0.1) is 5.92 Å². The smallest absolute Gasteiger partial charge is 0.0643 e. The van der Waals surface area contributed by atoms with Crippen LogP contribution >= 0.6 is 0 Å². The molecule has 2 atom stereocenters. The first-order chi connectivity index (χ1) is 4.60. The predicted molar refractivity (Wildman–Crippen MR) is 41.8 cm³/mol. The van der Waals surface area contributed by atoms with E-state index in [0.717, 1.165) is 32.0 Å². The molecule has 2 heteroatoms. The Labute approximate surface area is 62.7 Å². The van der Waals surface area contributed by atoms with Gasteiger partial charge in [0, 0.05) is 12.1 Å². The number of rotatable bonds is 0. The molecule has 0 aromatic rings. The monoisotopic (exact) mass is 143 g/mol. The van der Waals surface area contributed by atoms with Crippen molar-refractivity contribution in [1.82, 2.24) is 0 Å². The Hall–Kier alpha value is -0.0800. The van der Waals surface area contributed by atoms with Gasteiger partial charge in [-0.05, 0) is 25.7 Å². The van der Waals surface area contributed by atoms with Gasteiger partial charge in [0.1, 0.15) is 0 Å². The Balaban J connectivity index is 2.46. The van der Waals surface area contributed by atoms with Crippen LogP contribution in [0.3, 0.4) is 0 Å². The van der Waals surface area contributed by atoms with Crippen LogP contribution in [0.2, 0.25) is 0 Å². The highest BCUT2D eigenvalue weighted by Gasteiger charge is 2.24. The largest absolute Gasteiger partial charge is 0.380 e. The molecule has 2 N–H and O–H groups in total. The molecule has 0 spiro atoms. The molecule has 1 aliphatic heterocycles. The summed E-state index contributed by atoms with van der Waals surface area (Å²) in [5.74, 6) is 0.720. The van der Waals surface area contributed by atoms with Crippen LogP contribution in [0.4, 0.5) is 0 Å². The SMILES string of the molecule is CC1CCOCC(C)(N)C1. The molecular weight excluding hydrogens is 126 g/mol. The van der Waals surface area contributed by atoms with Crippen LogP contribution in [-0.4, -0.2) is 18.8 Å². The summed E-state index contributed by atoms with van der Waals surface area (Å²) in [5.41, 5.74) is 5.86. The van der Waals surface area contributed by atoms with Gasteiger partial charge in [0.25, 0.3) is 0 Å². The minimum atomic E-state index is -0.0874. The molecule has 0 amide bonds. The molecule has 0 bridgehead atoms. The summed E-state index contributed by atoms with van der Waals surface area (Å²) in [6.45, 7) is 5.90. The summed E-state index contributed by atoms with van der Waals surface area (Å²) >= 11 is 0. The van der Waals surface area contributed by atoms with Crippen molar-refractivity contribution >= 4 is 0 Å². The van der Waals surface area contributed by atoms with Crippen LogP contribution in [0.25, 0.3) is 0 Å². The maximum atomic E-state index is 5.94. The van der Waals surface area contributed by atoms with Crippen molar-refractivity contribution in [2.45, 2.75) is 32.2 Å². The normalized spacial score (nSPS) is 42.9. The number of nitrogens with two attached hydrogens (primary N) is 1. The first kappa shape index (κ1) is 8.02. The number of hydrogen-bond donors (Lipinski definition) is 1. The van der Waals surface area contributed by atoms with E-state index in [-0.39, 0.29) is 5.54 Å². The molecule has 1 saturated heterocycles. The van der Waals surface area contributed by atoms with E-state index < -0.39 is 0 Å². The average Bonchev–Trinajstić information content (AvgIpc) is 1.90. The van der Waals surface area contributed by atoms with Crippen LogP contribution in [0.5, 0.6) is 0 Å². The quantitative estimate of drug-likeness (QED) is 0.552. The second-order valence-corrected chi connectivity index (χ2v) is 3.80. The molecule has 2 nitrogen and oxygen atoms in total. The Morgan fingerprint density at radius 2 is 2.30 bits per heavy atom. The van der Waals surface area contributed by atoms with E-state index >= 15 is 0 Å². The molecule has 1 fully saturated rings. The maximum Gasteiger partial charge on any atom is 0.0643 e. The van der Waals surface area contributed by atoms with Crippen molar-refractivity contribution in [2.75, 3.05) is 13.2 Å². The van der Waals surface area contributed by atoms with E-state index in [0.29, 0.717) is 0 Å². The highest BCUT2D eigenvalue weighted by molar-refractivity contribution is 4.82. The lowest BCUT2D eigenvalue weighted by Crippen LogP contribution is -2.41.